The van der Waals surface area contributed by atoms with E-state index >= 15 is 0 Å². The lowest BCUT2D eigenvalue weighted by Gasteiger charge is -2.62. The largest absolute Gasteiger partial charge is 0.465 e. The maximum absolute atomic E-state index is 11.6. The zero-order valence-corrected chi connectivity index (χ0v) is 15.1. The summed E-state index contributed by atoms with van der Waals surface area (Å²) < 4.78 is 10.4. The molecule has 128 valence electrons. The second-order valence-corrected chi connectivity index (χ2v) is 7.10. The van der Waals surface area contributed by atoms with Gasteiger partial charge in [0.15, 0.2) is 5.96 Å². The minimum absolute atomic E-state index is 0.0328. The Bertz CT molecular complexity index is 629. The summed E-state index contributed by atoms with van der Waals surface area (Å²) in [6.07, 6.45) is 0. The van der Waals surface area contributed by atoms with Crippen molar-refractivity contribution in [3.05, 3.63) is 23.2 Å². The lowest BCUT2D eigenvalue weighted by Crippen LogP contribution is -2.72. The number of methoxy groups -OCH3 is 1. The van der Waals surface area contributed by atoms with Crippen LogP contribution in [-0.4, -0.2) is 43.1 Å². The Hall–Kier alpha value is -1.98. The highest BCUT2D eigenvalue weighted by atomic mass is 16.5. The standard InChI is InChI=1S/C17H27N3O3/c1-11-13(14(21)22-7)8-12(23-11)9-19-15(18-6)20-10-16(2,3)17(20,4)5/h8H,9-10H2,1-7H3,(H,18,19). The molecular formula is C17H27N3O3. The van der Waals surface area contributed by atoms with E-state index in [0.717, 1.165) is 12.5 Å². The molecule has 0 aromatic carbocycles. The molecule has 0 atom stereocenters. The first-order chi connectivity index (χ1) is 10.6. The third kappa shape index (κ3) is 2.94. The molecular weight excluding hydrogens is 294 g/mol. The second kappa shape index (κ2) is 5.91. The quantitative estimate of drug-likeness (QED) is 0.526. The van der Waals surface area contributed by atoms with E-state index in [1.165, 1.54) is 7.11 Å². The number of nitrogens with one attached hydrogen (secondary N) is 1. The zero-order valence-electron chi connectivity index (χ0n) is 15.1. The maximum atomic E-state index is 11.6. The molecule has 2 heterocycles. The summed E-state index contributed by atoms with van der Waals surface area (Å²) in [6, 6.07) is 1.71. The fourth-order valence-corrected chi connectivity index (χ4v) is 2.80. The Balaban J connectivity index is 2.04. The smallest absolute Gasteiger partial charge is 0.341 e. The highest BCUT2D eigenvalue weighted by Gasteiger charge is 2.53. The molecule has 1 aromatic heterocycles. The van der Waals surface area contributed by atoms with Gasteiger partial charge in [-0.3, -0.25) is 4.99 Å². The summed E-state index contributed by atoms with van der Waals surface area (Å²) in [6.45, 7) is 12.1. The number of furan rings is 1. The van der Waals surface area contributed by atoms with Crippen molar-refractivity contribution >= 4 is 11.9 Å². The van der Waals surface area contributed by atoms with Gasteiger partial charge in [0.2, 0.25) is 0 Å². The Morgan fingerprint density at radius 2 is 2.09 bits per heavy atom. The average molecular weight is 321 g/mol. The molecule has 0 aliphatic carbocycles. The number of carbonyl (C=O) groups is 1. The second-order valence-electron chi connectivity index (χ2n) is 7.10. The van der Waals surface area contributed by atoms with E-state index in [1.54, 1.807) is 20.0 Å². The van der Waals surface area contributed by atoms with Crippen molar-refractivity contribution in [2.45, 2.75) is 46.7 Å². The molecule has 0 radical (unpaired) electrons. The van der Waals surface area contributed by atoms with E-state index in [1.807, 2.05) is 0 Å². The van der Waals surface area contributed by atoms with Crippen LogP contribution in [0.25, 0.3) is 0 Å². The third-order valence-electron chi connectivity index (χ3n) is 5.15. The van der Waals surface area contributed by atoms with E-state index in [4.69, 9.17) is 9.15 Å². The minimum Gasteiger partial charge on any atom is -0.465 e. The summed E-state index contributed by atoms with van der Waals surface area (Å²) in [5, 5.41) is 3.31. The average Bonchev–Trinajstić information content (AvgIpc) is 2.86. The van der Waals surface area contributed by atoms with E-state index in [0.29, 0.717) is 23.6 Å². The molecule has 6 nitrogen and oxygen atoms in total. The van der Waals surface area contributed by atoms with E-state index in [9.17, 15) is 4.79 Å². The highest BCUT2D eigenvalue weighted by molar-refractivity contribution is 5.90. The number of aryl methyl sites for hydroxylation is 1. The van der Waals surface area contributed by atoms with Crippen molar-refractivity contribution in [3.63, 3.8) is 0 Å². The number of likely N-dealkylation sites (tertiary alicyclic amines) is 1. The molecule has 23 heavy (non-hydrogen) atoms. The van der Waals surface area contributed by atoms with Crippen molar-refractivity contribution in [2.75, 3.05) is 20.7 Å². The highest BCUT2D eigenvalue weighted by Crippen LogP contribution is 2.46. The normalized spacial score (nSPS) is 19.3. The monoisotopic (exact) mass is 321 g/mol. The van der Waals surface area contributed by atoms with Crippen molar-refractivity contribution < 1.29 is 13.9 Å². The first kappa shape index (κ1) is 17.4. The number of aliphatic imine (C=N–C) groups is 1. The van der Waals surface area contributed by atoms with Crippen LogP contribution in [0.3, 0.4) is 0 Å². The predicted molar refractivity (Wildman–Crippen MR) is 89.5 cm³/mol. The van der Waals surface area contributed by atoms with Crippen LogP contribution in [0.2, 0.25) is 0 Å². The van der Waals surface area contributed by atoms with Gasteiger partial charge in [0.05, 0.1) is 13.7 Å². The van der Waals surface area contributed by atoms with Crippen LogP contribution in [-0.2, 0) is 11.3 Å². The topological polar surface area (TPSA) is 67.1 Å². The van der Waals surface area contributed by atoms with Crippen LogP contribution in [0.1, 0.15) is 49.6 Å². The van der Waals surface area contributed by atoms with Gasteiger partial charge >= 0.3 is 5.97 Å². The molecule has 1 aliphatic rings. The van der Waals surface area contributed by atoms with E-state index < -0.39 is 0 Å². The number of rotatable bonds is 3. The van der Waals surface area contributed by atoms with Gasteiger partial charge in [0.1, 0.15) is 17.1 Å². The molecule has 2 rings (SSSR count). The van der Waals surface area contributed by atoms with E-state index in [-0.39, 0.29) is 16.9 Å². The van der Waals surface area contributed by atoms with Crippen molar-refractivity contribution in [1.82, 2.24) is 10.2 Å². The molecule has 0 unspecified atom stereocenters. The molecule has 0 bridgehead atoms. The summed E-state index contributed by atoms with van der Waals surface area (Å²) >= 11 is 0. The van der Waals surface area contributed by atoms with Crippen molar-refractivity contribution in [3.8, 4) is 0 Å². The molecule has 1 saturated heterocycles. The van der Waals surface area contributed by atoms with Crippen LogP contribution in [0.5, 0.6) is 0 Å². The first-order valence-electron chi connectivity index (χ1n) is 7.80. The van der Waals surface area contributed by atoms with Gasteiger partial charge in [0.25, 0.3) is 0 Å². The van der Waals surface area contributed by atoms with E-state index in [2.05, 4.69) is 42.9 Å². The van der Waals surface area contributed by atoms with Crippen LogP contribution >= 0.6 is 0 Å². The Morgan fingerprint density at radius 3 is 2.57 bits per heavy atom. The third-order valence-corrected chi connectivity index (χ3v) is 5.15. The van der Waals surface area contributed by atoms with Crippen LogP contribution in [0, 0.1) is 12.3 Å². The number of ether oxygens (including phenoxy) is 1. The number of guanidine groups is 1. The lowest BCUT2D eigenvalue weighted by atomic mass is 9.65. The summed E-state index contributed by atoms with van der Waals surface area (Å²) in [4.78, 5) is 18.2. The van der Waals surface area contributed by atoms with Gasteiger partial charge < -0.3 is 19.4 Å². The molecule has 6 heteroatoms. The number of hydrogen-bond donors (Lipinski definition) is 1. The van der Waals surface area contributed by atoms with Crippen LogP contribution < -0.4 is 5.32 Å². The molecule has 1 N–H and O–H groups in total. The molecule has 0 saturated carbocycles. The number of esters is 1. The fourth-order valence-electron chi connectivity index (χ4n) is 2.80. The van der Waals surface area contributed by atoms with Gasteiger partial charge in [-0.15, -0.1) is 0 Å². The van der Waals surface area contributed by atoms with Gasteiger partial charge in [0, 0.05) is 24.5 Å². The van der Waals surface area contributed by atoms with Crippen LogP contribution in [0.15, 0.2) is 15.5 Å². The molecule has 1 aromatic rings. The van der Waals surface area contributed by atoms with Crippen LogP contribution in [0.4, 0.5) is 0 Å². The Morgan fingerprint density at radius 1 is 1.43 bits per heavy atom. The van der Waals surface area contributed by atoms with Gasteiger partial charge in [-0.2, -0.15) is 0 Å². The zero-order chi connectivity index (χ0) is 17.4. The molecule has 0 amide bonds. The predicted octanol–water partition coefficient (Wildman–Crippen LogP) is 2.57. The number of carbonyl (C=O) groups excluding carboxylic acids is 1. The minimum atomic E-state index is -0.382. The van der Waals surface area contributed by atoms with Crippen molar-refractivity contribution in [2.24, 2.45) is 10.4 Å². The molecule has 0 spiro atoms. The number of nitrogens with zero attached hydrogens (tertiary/aromatic N) is 2. The Labute approximate surface area is 137 Å². The van der Waals surface area contributed by atoms with Crippen molar-refractivity contribution in [1.29, 1.82) is 0 Å². The summed E-state index contributed by atoms with van der Waals surface area (Å²) in [7, 11) is 3.14. The van der Waals surface area contributed by atoms with Gasteiger partial charge in [-0.25, -0.2) is 4.79 Å². The maximum Gasteiger partial charge on any atom is 0.341 e. The summed E-state index contributed by atoms with van der Waals surface area (Å²) in [5.41, 5.74) is 0.736. The molecule has 1 fully saturated rings. The molecule has 1 aliphatic heterocycles. The van der Waals surface area contributed by atoms with Gasteiger partial charge in [-0.05, 0) is 26.8 Å². The summed E-state index contributed by atoms with van der Waals surface area (Å²) in [5.74, 6) is 1.70. The lowest BCUT2D eigenvalue weighted by molar-refractivity contribution is -0.0668. The fraction of sp³-hybridized carbons (Fsp3) is 0.647. The SMILES string of the molecule is CN=C(NCc1cc(C(=O)OC)c(C)o1)N1CC(C)(C)C1(C)C. The van der Waals surface area contributed by atoms with Gasteiger partial charge in [-0.1, -0.05) is 13.8 Å². The number of hydrogen-bond acceptors (Lipinski definition) is 4. The Kier molecular flexibility index (Phi) is 4.46. The first-order valence-corrected chi connectivity index (χ1v) is 7.80.